The first-order valence-corrected chi connectivity index (χ1v) is 6.56. The number of carbonyl (C=O) groups excluding carboxylic acids is 1. The molecule has 0 aromatic heterocycles. The fourth-order valence-corrected chi connectivity index (χ4v) is 1.39. The van der Waals surface area contributed by atoms with Crippen molar-refractivity contribution in [1.29, 1.82) is 0 Å². The first kappa shape index (κ1) is 14.6. The number of hydrogen-bond donors (Lipinski definition) is 2. The lowest BCUT2D eigenvalue weighted by atomic mass is 10.2. The largest absolute Gasteiger partial charge is 0.443 e. The highest BCUT2D eigenvalue weighted by atomic mass is 32.2. The summed E-state index contributed by atoms with van der Waals surface area (Å²) in [4.78, 5) is 11.1. The van der Waals surface area contributed by atoms with Crippen LogP contribution in [0.5, 0.6) is 0 Å². The summed E-state index contributed by atoms with van der Waals surface area (Å²) in [7, 11) is 0. The SMILES string of the molecule is CSCCCCNNC(=O)OC(C)(C)C. The van der Waals surface area contributed by atoms with Crippen molar-refractivity contribution in [1.82, 2.24) is 10.9 Å². The molecule has 0 heterocycles. The van der Waals surface area contributed by atoms with Gasteiger partial charge < -0.3 is 4.74 Å². The number of nitrogens with one attached hydrogen (secondary N) is 2. The van der Waals surface area contributed by atoms with E-state index < -0.39 is 11.7 Å². The van der Waals surface area contributed by atoms with Gasteiger partial charge in [-0.1, -0.05) is 0 Å². The van der Waals surface area contributed by atoms with Crippen LogP contribution in [0, 0.1) is 0 Å². The molecule has 5 heteroatoms. The molecule has 4 nitrogen and oxygen atoms in total. The van der Waals surface area contributed by atoms with E-state index in [1.54, 1.807) is 0 Å². The predicted octanol–water partition coefficient (Wildman–Crippen LogP) is 2.16. The molecule has 0 rings (SSSR count). The van der Waals surface area contributed by atoms with Crippen LogP contribution < -0.4 is 10.9 Å². The van der Waals surface area contributed by atoms with Gasteiger partial charge in [0.2, 0.25) is 0 Å². The van der Waals surface area contributed by atoms with Gasteiger partial charge in [0, 0.05) is 6.54 Å². The fourth-order valence-electron chi connectivity index (χ4n) is 0.898. The zero-order valence-corrected chi connectivity index (χ0v) is 10.9. The molecule has 0 saturated heterocycles. The molecular formula is C10H22N2O2S. The molecule has 0 fully saturated rings. The Kier molecular flexibility index (Phi) is 7.60. The van der Waals surface area contributed by atoms with Crippen LogP contribution >= 0.6 is 11.8 Å². The van der Waals surface area contributed by atoms with Gasteiger partial charge in [0.1, 0.15) is 5.60 Å². The smallest absolute Gasteiger partial charge is 0.422 e. The van der Waals surface area contributed by atoms with Crippen LogP contribution in [0.4, 0.5) is 4.79 Å². The summed E-state index contributed by atoms with van der Waals surface area (Å²) in [5, 5.41) is 0. The number of unbranched alkanes of at least 4 members (excludes halogenated alkanes) is 1. The molecule has 0 bridgehead atoms. The summed E-state index contributed by atoms with van der Waals surface area (Å²) in [6.45, 7) is 6.29. The zero-order chi connectivity index (χ0) is 11.7. The third kappa shape index (κ3) is 11.5. The van der Waals surface area contributed by atoms with Crippen molar-refractivity contribution in [2.75, 3.05) is 18.6 Å². The van der Waals surface area contributed by atoms with E-state index in [-0.39, 0.29) is 0 Å². The average Bonchev–Trinajstić information content (AvgIpc) is 2.08. The quantitative estimate of drug-likeness (QED) is 0.546. The Morgan fingerprint density at radius 1 is 1.33 bits per heavy atom. The Morgan fingerprint density at radius 3 is 2.53 bits per heavy atom. The second-order valence-corrected chi connectivity index (χ2v) is 5.24. The molecule has 0 saturated carbocycles. The maximum absolute atomic E-state index is 11.1. The Bertz CT molecular complexity index is 181. The standard InChI is InChI=1S/C10H22N2O2S/c1-10(2,3)14-9(13)12-11-7-5-6-8-15-4/h11H,5-8H2,1-4H3,(H,12,13). The Hall–Kier alpha value is -0.420. The maximum Gasteiger partial charge on any atom is 0.422 e. The van der Waals surface area contributed by atoms with Crippen LogP contribution in [0.1, 0.15) is 33.6 Å². The van der Waals surface area contributed by atoms with Crippen molar-refractivity contribution in [2.45, 2.75) is 39.2 Å². The third-order valence-corrected chi connectivity index (χ3v) is 2.19. The molecule has 0 spiro atoms. The van der Waals surface area contributed by atoms with Crippen LogP contribution in [-0.4, -0.2) is 30.2 Å². The lowest BCUT2D eigenvalue weighted by Crippen LogP contribution is -2.41. The molecule has 0 aliphatic carbocycles. The topological polar surface area (TPSA) is 50.4 Å². The summed E-state index contributed by atoms with van der Waals surface area (Å²) in [5.74, 6) is 1.16. The van der Waals surface area contributed by atoms with Gasteiger partial charge in [0.25, 0.3) is 0 Å². The Labute approximate surface area is 96.5 Å². The molecule has 15 heavy (non-hydrogen) atoms. The van der Waals surface area contributed by atoms with E-state index in [2.05, 4.69) is 17.1 Å². The van der Waals surface area contributed by atoms with E-state index in [0.717, 1.165) is 25.1 Å². The van der Waals surface area contributed by atoms with Gasteiger partial charge in [-0.3, -0.25) is 5.43 Å². The van der Waals surface area contributed by atoms with Gasteiger partial charge in [-0.05, 0) is 45.6 Å². The summed E-state index contributed by atoms with van der Waals surface area (Å²) in [6.07, 6.45) is 3.88. The number of hydrazine groups is 1. The van der Waals surface area contributed by atoms with Crippen LogP contribution in [0.2, 0.25) is 0 Å². The fraction of sp³-hybridized carbons (Fsp3) is 0.900. The van der Waals surface area contributed by atoms with E-state index in [0.29, 0.717) is 0 Å². The van der Waals surface area contributed by atoms with Crippen LogP contribution in [-0.2, 0) is 4.74 Å². The van der Waals surface area contributed by atoms with E-state index in [4.69, 9.17) is 4.74 Å². The summed E-state index contributed by atoms with van der Waals surface area (Å²) in [6, 6.07) is 0. The molecule has 90 valence electrons. The number of rotatable bonds is 6. The van der Waals surface area contributed by atoms with Crippen molar-refractivity contribution in [2.24, 2.45) is 0 Å². The first-order valence-electron chi connectivity index (χ1n) is 5.16. The minimum Gasteiger partial charge on any atom is -0.443 e. The van der Waals surface area contributed by atoms with E-state index in [9.17, 15) is 4.79 Å². The van der Waals surface area contributed by atoms with Crippen molar-refractivity contribution < 1.29 is 9.53 Å². The second-order valence-electron chi connectivity index (χ2n) is 4.25. The van der Waals surface area contributed by atoms with Crippen LogP contribution in [0.3, 0.4) is 0 Å². The number of hydrogen-bond acceptors (Lipinski definition) is 4. The Balaban J connectivity index is 3.32. The second kappa shape index (κ2) is 7.82. The summed E-state index contributed by atoms with van der Waals surface area (Å²) < 4.78 is 5.05. The van der Waals surface area contributed by atoms with Crippen molar-refractivity contribution in [3.05, 3.63) is 0 Å². The molecule has 0 aliphatic heterocycles. The van der Waals surface area contributed by atoms with Gasteiger partial charge in [-0.25, -0.2) is 10.2 Å². The first-order chi connectivity index (χ1) is 6.95. The van der Waals surface area contributed by atoms with E-state index in [1.807, 2.05) is 32.5 Å². The lowest BCUT2D eigenvalue weighted by molar-refractivity contribution is 0.0498. The maximum atomic E-state index is 11.1. The van der Waals surface area contributed by atoms with E-state index >= 15 is 0 Å². The minimum atomic E-state index is -0.440. The molecule has 0 aromatic carbocycles. The monoisotopic (exact) mass is 234 g/mol. The van der Waals surface area contributed by atoms with Gasteiger partial charge in [0.05, 0.1) is 0 Å². The van der Waals surface area contributed by atoms with Gasteiger partial charge >= 0.3 is 6.09 Å². The van der Waals surface area contributed by atoms with E-state index in [1.165, 1.54) is 0 Å². The van der Waals surface area contributed by atoms with Gasteiger partial charge in [-0.2, -0.15) is 11.8 Å². The zero-order valence-electron chi connectivity index (χ0n) is 10.1. The highest BCUT2D eigenvalue weighted by molar-refractivity contribution is 7.98. The lowest BCUT2D eigenvalue weighted by Gasteiger charge is -2.19. The molecule has 0 aromatic rings. The summed E-state index contributed by atoms with van der Waals surface area (Å²) >= 11 is 1.83. The number of carbonyl (C=O) groups is 1. The molecular weight excluding hydrogens is 212 g/mol. The van der Waals surface area contributed by atoms with Crippen molar-refractivity contribution >= 4 is 17.9 Å². The average molecular weight is 234 g/mol. The van der Waals surface area contributed by atoms with Crippen molar-refractivity contribution in [3.8, 4) is 0 Å². The highest BCUT2D eigenvalue weighted by Gasteiger charge is 2.15. The molecule has 0 atom stereocenters. The molecule has 1 amide bonds. The van der Waals surface area contributed by atoms with Crippen LogP contribution in [0.15, 0.2) is 0 Å². The van der Waals surface area contributed by atoms with Crippen molar-refractivity contribution in [3.63, 3.8) is 0 Å². The number of amides is 1. The summed E-state index contributed by atoms with van der Waals surface area (Å²) in [5.41, 5.74) is 4.89. The highest BCUT2D eigenvalue weighted by Crippen LogP contribution is 2.05. The molecule has 2 N–H and O–H groups in total. The van der Waals surface area contributed by atoms with Gasteiger partial charge in [0.15, 0.2) is 0 Å². The Morgan fingerprint density at radius 2 is 2.00 bits per heavy atom. The number of thioether (sulfide) groups is 1. The molecule has 0 radical (unpaired) electrons. The normalized spacial score (nSPS) is 11.2. The van der Waals surface area contributed by atoms with Gasteiger partial charge in [-0.15, -0.1) is 0 Å². The predicted molar refractivity (Wildman–Crippen MR) is 65.0 cm³/mol. The van der Waals surface area contributed by atoms with Crippen LogP contribution in [0.25, 0.3) is 0 Å². The molecule has 0 unspecified atom stereocenters. The third-order valence-electron chi connectivity index (χ3n) is 1.49. The number of ether oxygens (including phenoxy) is 1. The molecule has 0 aliphatic rings. The minimum absolute atomic E-state index is 0.424.